The Hall–Kier alpha value is -2.38. The van der Waals surface area contributed by atoms with Crippen LogP contribution in [0.4, 0.5) is 0 Å². The average molecular weight is 311 g/mol. The van der Waals surface area contributed by atoms with Crippen molar-refractivity contribution in [3.05, 3.63) is 58.5 Å². The van der Waals surface area contributed by atoms with Crippen LogP contribution in [0.2, 0.25) is 5.02 Å². The lowest BCUT2D eigenvalue weighted by atomic mass is 10.1. The van der Waals surface area contributed by atoms with Crippen molar-refractivity contribution in [3.8, 4) is 6.07 Å². The molecule has 2 aromatic heterocycles. The molecule has 0 saturated heterocycles. The number of rotatable bonds is 4. The summed E-state index contributed by atoms with van der Waals surface area (Å²) >= 11 is 6.01. The number of benzene rings is 1. The lowest BCUT2D eigenvalue weighted by Crippen LogP contribution is -2.06. The summed E-state index contributed by atoms with van der Waals surface area (Å²) in [6.07, 6.45) is 3.53. The highest BCUT2D eigenvalue weighted by atomic mass is 35.5. The first-order chi connectivity index (χ1) is 10.7. The van der Waals surface area contributed by atoms with Gasteiger partial charge >= 0.3 is 0 Å². The Bertz CT molecular complexity index is 861. The zero-order valence-corrected chi connectivity index (χ0v) is 13.0. The van der Waals surface area contributed by atoms with Crippen molar-refractivity contribution in [2.45, 2.75) is 26.3 Å². The monoisotopic (exact) mass is 310 g/mol. The third-order valence-corrected chi connectivity index (χ3v) is 3.71. The normalized spacial score (nSPS) is 10.8. The molecule has 0 amide bonds. The molecule has 0 aliphatic heterocycles. The molecule has 5 heteroatoms. The van der Waals surface area contributed by atoms with Gasteiger partial charge in [-0.3, -0.25) is 0 Å². The molecule has 1 aromatic carbocycles. The van der Waals surface area contributed by atoms with Gasteiger partial charge in [0.25, 0.3) is 0 Å². The lowest BCUT2D eigenvalue weighted by Gasteiger charge is -2.08. The molecule has 22 heavy (non-hydrogen) atoms. The van der Waals surface area contributed by atoms with Crippen molar-refractivity contribution in [1.29, 1.82) is 5.26 Å². The highest BCUT2D eigenvalue weighted by molar-refractivity contribution is 6.31. The molecule has 0 atom stereocenters. The van der Waals surface area contributed by atoms with Gasteiger partial charge in [-0.15, -0.1) is 0 Å². The van der Waals surface area contributed by atoms with Crippen LogP contribution < -0.4 is 0 Å². The van der Waals surface area contributed by atoms with Crippen molar-refractivity contribution in [2.75, 3.05) is 0 Å². The van der Waals surface area contributed by atoms with E-state index in [0.29, 0.717) is 17.1 Å². The Kier molecular flexibility index (Phi) is 4.08. The van der Waals surface area contributed by atoms with Crippen molar-refractivity contribution in [3.63, 3.8) is 0 Å². The molecule has 0 unspecified atom stereocenters. The Morgan fingerprint density at radius 3 is 2.95 bits per heavy atom. The lowest BCUT2D eigenvalue weighted by molar-refractivity contribution is 0.716. The van der Waals surface area contributed by atoms with Crippen molar-refractivity contribution < 1.29 is 0 Å². The maximum Gasteiger partial charge on any atom is 0.160 e. The molecule has 3 rings (SSSR count). The zero-order valence-electron chi connectivity index (χ0n) is 12.3. The second kappa shape index (κ2) is 6.17. The Labute approximate surface area is 134 Å². The minimum atomic E-state index is 0.590. The topological polar surface area (TPSA) is 54.5 Å². The summed E-state index contributed by atoms with van der Waals surface area (Å²) < 4.78 is 2.10. The first-order valence-electron chi connectivity index (χ1n) is 7.21. The molecule has 0 saturated carbocycles. The summed E-state index contributed by atoms with van der Waals surface area (Å²) in [5.41, 5.74) is 3.37. The smallest absolute Gasteiger partial charge is 0.160 e. The van der Waals surface area contributed by atoms with Gasteiger partial charge in [-0.1, -0.05) is 30.7 Å². The molecule has 0 aliphatic carbocycles. The Balaban J connectivity index is 2.07. The van der Waals surface area contributed by atoms with Gasteiger partial charge in [0.1, 0.15) is 11.3 Å². The molecule has 110 valence electrons. The zero-order chi connectivity index (χ0) is 15.5. The highest BCUT2D eigenvalue weighted by Crippen LogP contribution is 2.20. The molecule has 0 radical (unpaired) electrons. The molecular weight excluding hydrogens is 296 g/mol. The maximum atomic E-state index is 9.03. The molecule has 0 bridgehead atoms. The first kappa shape index (κ1) is 14.6. The number of hydrogen-bond donors (Lipinski definition) is 0. The van der Waals surface area contributed by atoms with E-state index in [4.69, 9.17) is 16.9 Å². The van der Waals surface area contributed by atoms with Gasteiger partial charge in [-0.25, -0.2) is 9.97 Å². The van der Waals surface area contributed by atoms with Gasteiger partial charge in [0, 0.05) is 12.6 Å². The van der Waals surface area contributed by atoms with E-state index in [9.17, 15) is 0 Å². The van der Waals surface area contributed by atoms with E-state index in [1.807, 2.05) is 24.3 Å². The number of aryl methyl sites for hydroxylation is 1. The molecule has 0 fully saturated rings. The SMILES string of the molecule is CCCc1nc2cc(Cl)cnc2n1Cc1cccc(C#N)c1. The van der Waals surface area contributed by atoms with Crippen LogP contribution in [0.15, 0.2) is 36.5 Å². The van der Waals surface area contributed by atoms with Gasteiger partial charge in [0.2, 0.25) is 0 Å². The van der Waals surface area contributed by atoms with Crippen molar-refractivity contribution in [2.24, 2.45) is 0 Å². The van der Waals surface area contributed by atoms with Crippen LogP contribution in [0.3, 0.4) is 0 Å². The fraction of sp³-hybridized carbons (Fsp3) is 0.235. The average Bonchev–Trinajstić information content (AvgIpc) is 2.84. The molecule has 4 nitrogen and oxygen atoms in total. The molecule has 0 spiro atoms. The predicted octanol–water partition coefficient (Wildman–Crippen LogP) is 3.96. The largest absolute Gasteiger partial charge is 0.308 e. The number of imidazole rings is 1. The van der Waals surface area contributed by atoms with E-state index >= 15 is 0 Å². The van der Waals surface area contributed by atoms with Crippen molar-refractivity contribution in [1.82, 2.24) is 14.5 Å². The van der Waals surface area contributed by atoms with E-state index in [1.54, 1.807) is 12.3 Å². The summed E-state index contributed by atoms with van der Waals surface area (Å²) in [5, 5.41) is 9.62. The van der Waals surface area contributed by atoms with Gasteiger partial charge in [0.15, 0.2) is 5.65 Å². The van der Waals surface area contributed by atoms with Gasteiger partial charge in [-0.2, -0.15) is 5.26 Å². The molecule has 2 heterocycles. The number of halogens is 1. The van der Waals surface area contributed by atoms with E-state index in [0.717, 1.165) is 35.4 Å². The summed E-state index contributed by atoms with van der Waals surface area (Å²) in [4.78, 5) is 9.08. The number of fused-ring (bicyclic) bond motifs is 1. The molecule has 0 aliphatic rings. The fourth-order valence-electron chi connectivity index (χ4n) is 2.54. The van der Waals surface area contributed by atoms with Crippen molar-refractivity contribution >= 4 is 22.8 Å². The highest BCUT2D eigenvalue weighted by Gasteiger charge is 2.12. The van der Waals surface area contributed by atoms with Crippen LogP contribution in [0, 0.1) is 11.3 Å². The van der Waals surface area contributed by atoms with Crippen LogP contribution >= 0.6 is 11.6 Å². The van der Waals surface area contributed by atoms with E-state index in [1.165, 1.54) is 0 Å². The quantitative estimate of drug-likeness (QED) is 0.733. The third kappa shape index (κ3) is 2.81. The number of nitriles is 1. The van der Waals surface area contributed by atoms with Gasteiger partial charge in [0.05, 0.1) is 23.2 Å². The van der Waals surface area contributed by atoms with Crippen LogP contribution in [0.5, 0.6) is 0 Å². The Morgan fingerprint density at radius 1 is 1.32 bits per heavy atom. The van der Waals surface area contributed by atoms with Crippen LogP contribution in [-0.2, 0) is 13.0 Å². The summed E-state index contributed by atoms with van der Waals surface area (Å²) in [6, 6.07) is 11.6. The fourth-order valence-corrected chi connectivity index (χ4v) is 2.69. The van der Waals surface area contributed by atoms with Crippen LogP contribution in [0.1, 0.15) is 30.3 Å². The maximum absolute atomic E-state index is 9.03. The van der Waals surface area contributed by atoms with Gasteiger partial charge < -0.3 is 4.57 Å². The number of nitrogens with zero attached hydrogens (tertiary/aromatic N) is 4. The van der Waals surface area contributed by atoms with Crippen LogP contribution in [-0.4, -0.2) is 14.5 Å². The number of pyridine rings is 1. The van der Waals surface area contributed by atoms with E-state index < -0.39 is 0 Å². The van der Waals surface area contributed by atoms with E-state index in [-0.39, 0.29) is 0 Å². The summed E-state index contributed by atoms with van der Waals surface area (Å²) in [6.45, 7) is 2.77. The predicted molar refractivity (Wildman–Crippen MR) is 86.8 cm³/mol. The second-order valence-corrected chi connectivity index (χ2v) is 5.61. The summed E-state index contributed by atoms with van der Waals surface area (Å²) in [5.74, 6) is 0.995. The third-order valence-electron chi connectivity index (χ3n) is 3.50. The number of hydrogen-bond acceptors (Lipinski definition) is 3. The Morgan fingerprint density at radius 2 is 2.18 bits per heavy atom. The minimum absolute atomic E-state index is 0.590. The first-order valence-corrected chi connectivity index (χ1v) is 7.58. The standard InChI is InChI=1S/C17H15ClN4/c1-2-4-16-21-15-8-14(18)10-20-17(15)22(16)11-13-6-3-5-12(7-13)9-19/h3,5-8,10H,2,4,11H2,1H3. The molecular formula is C17H15ClN4. The summed E-state index contributed by atoms with van der Waals surface area (Å²) in [7, 11) is 0. The molecule has 0 N–H and O–H groups in total. The second-order valence-electron chi connectivity index (χ2n) is 5.17. The van der Waals surface area contributed by atoms with E-state index in [2.05, 4.69) is 27.5 Å². The number of aromatic nitrogens is 3. The van der Waals surface area contributed by atoms with Crippen LogP contribution in [0.25, 0.3) is 11.2 Å². The molecule has 3 aromatic rings. The minimum Gasteiger partial charge on any atom is -0.308 e. The van der Waals surface area contributed by atoms with Gasteiger partial charge in [-0.05, 0) is 30.2 Å².